The van der Waals surface area contributed by atoms with Crippen LogP contribution in [0.1, 0.15) is 37.3 Å². The molecule has 0 radical (unpaired) electrons. The zero-order valence-corrected chi connectivity index (χ0v) is 30.9. The van der Waals surface area contributed by atoms with Crippen molar-refractivity contribution in [2.45, 2.75) is 88.6 Å². The predicted octanol–water partition coefficient (Wildman–Crippen LogP) is 7.80. The average molecular weight is 671 g/mol. The second kappa shape index (κ2) is 14.8. The number of fused-ring (bicyclic) bond motifs is 1. The number of anilines is 1. The molecule has 0 aliphatic heterocycles. The standard InChI is InChI=1S/C36H50N6O3Si2/c1-46(2,3)20-18-44-26-41(27-45-19-21-47(4,5)6)34-22-33(29-14-16-36(43,25-37)17-15-29)40-35-31(24-39-42(34)35)30-12-13-32(38-23-30)28-10-8-7-9-11-28/h7-13,22-24,29,43H,14-21,26-27H2,1-6H3. The van der Waals surface area contributed by atoms with Crippen LogP contribution in [0.3, 0.4) is 0 Å². The van der Waals surface area contributed by atoms with Crippen LogP contribution >= 0.6 is 0 Å². The van der Waals surface area contributed by atoms with E-state index in [4.69, 9.17) is 24.5 Å². The second-order valence-electron chi connectivity index (χ2n) is 15.3. The van der Waals surface area contributed by atoms with Gasteiger partial charge in [-0.2, -0.15) is 14.9 Å². The number of hydrogen-bond acceptors (Lipinski definition) is 8. The first-order valence-electron chi connectivity index (χ1n) is 16.8. The van der Waals surface area contributed by atoms with Crippen LogP contribution in [0.4, 0.5) is 5.82 Å². The molecule has 9 nitrogen and oxygen atoms in total. The van der Waals surface area contributed by atoms with Gasteiger partial charge in [0.15, 0.2) is 11.2 Å². The monoisotopic (exact) mass is 670 g/mol. The molecule has 0 unspecified atom stereocenters. The average Bonchev–Trinajstić information content (AvgIpc) is 3.48. The molecular weight excluding hydrogens is 621 g/mol. The van der Waals surface area contributed by atoms with E-state index in [1.54, 1.807) is 0 Å². The highest BCUT2D eigenvalue weighted by Crippen LogP contribution is 2.39. The third-order valence-electron chi connectivity index (χ3n) is 8.87. The van der Waals surface area contributed by atoms with Gasteiger partial charge in [-0.05, 0) is 43.8 Å². The summed E-state index contributed by atoms with van der Waals surface area (Å²) in [7, 11) is -2.52. The number of hydrogen-bond donors (Lipinski definition) is 1. The molecular formula is C36H50N6O3Si2. The number of pyridine rings is 1. The first kappa shape index (κ1) is 34.9. The Morgan fingerprint density at radius 1 is 0.915 bits per heavy atom. The van der Waals surface area contributed by atoms with Crippen LogP contribution in [0.25, 0.3) is 28.0 Å². The minimum atomic E-state index is -1.27. The summed E-state index contributed by atoms with van der Waals surface area (Å²) in [5, 5.41) is 25.0. The zero-order chi connectivity index (χ0) is 33.7. The van der Waals surface area contributed by atoms with E-state index >= 15 is 0 Å². The topological polar surface area (TPSA) is 109 Å². The molecule has 1 N–H and O–H groups in total. The summed E-state index contributed by atoms with van der Waals surface area (Å²) in [4.78, 5) is 12.1. The van der Waals surface area contributed by atoms with Gasteiger partial charge < -0.3 is 19.5 Å². The molecule has 3 aromatic heterocycles. The molecule has 1 aliphatic carbocycles. The summed E-state index contributed by atoms with van der Waals surface area (Å²) < 4.78 is 14.5. The Bertz CT molecular complexity index is 1630. The highest BCUT2D eigenvalue weighted by Gasteiger charge is 2.35. The largest absolute Gasteiger partial charge is 0.375 e. The van der Waals surface area contributed by atoms with E-state index in [1.807, 2.05) is 41.2 Å². The van der Waals surface area contributed by atoms with Crippen molar-refractivity contribution < 1.29 is 14.6 Å². The Morgan fingerprint density at radius 2 is 1.55 bits per heavy atom. The van der Waals surface area contributed by atoms with Crippen molar-refractivity contribution in [3.8, 4) is 28.5 Å². The smallest absolute Gasteiger partial charge is 0.165 e. The number of rotatable bonds is 14. The molecule has 1 aliphatic rings. The van der Waals surface area contributed by atoms with Crippen molar-refractivity contribution >= 4 is 27.6 Å². The summed E-state index contributed by atoms with van der Waals surface area (Å²) >= 11 is 0. The molecule has 1 fully saturated rings. The molecule has 11 heteroatoms. The Morgan fingerprint density at radius 3 is 2.11 bits per heavy atom. The highest BCUT2D eigenvalue weighted by atomic mass is 28.3. The van der Waals surface area contributed by atoms with Crippen molar-refractivity contribution in [2.24, 2.45) is 0 Å². The Labute approximate surface area is 281 Å². The molecule has 1 aromatic carbocycles. The summed E-state index contributed by atoms with van der Waals surface area (Å²) in [6, 6.07) is 20.6. The second-order valence-corrected chi connectivity index (χ2v) is 26.5. The normalized spacial score (nSPS) is 18.7. The summed E-state index contributed by atoms with van der Waals surface area (Å²) in [5.74, 6) is 0.961. The van der Waals surface area contributed by atoms with Gasteiger partial charge in [-0.1, -0.05) is 75.7 Å². The van der Waals surface area contributed by atoms with Crippen molar-refractivity contribution in [3.05, 3.63) is 66.6 Å². The fourth-order valence-corrected chi connectivity index (χ4v) is 7.23. The number of nitriles is 1. The number of benzene rings is 1. The highest BCUT2D eigenvalue weighted by molar-refractivity contribution is 6.76. The van der Waals surface area contributed by atoms with Crippen molar-refractivity contribution in [3.63, 3.8) is 0 Å². The van der Waals surface area contributed by atoms with Crippen molar-refractivity contribution in [2.75, 3.05) is 31.6 Å². The first-order valence-corrected chi connectivity index (χ1v) is 24.2. The van der Waals surface area contributed by atoms with E-state index < -0.39 is 21.7 Å². The molecule has 47 heavy (non-hydrogen) atoms. The van der Waals surface area contributed by atoms with Gasteiger partial charge >= 0.3 is 0 Å². The van der Waals surface area contributed by atoms with Gasteiger partial charge in [0.25, 0.3) is 0 Å². The maximum absolute atomic E-state index is 10.6. The van der Waals surface area contributed by atoms with E-state index in [1.165, 1.54) is 0 Å². The van der Waals surface area contributed by atoms with Gasteiger partial charge in [-0.3, -0.25) is 4.98 Å². The van der Waals surface area contributed by atoms with Crippen molar-refractivity contribution in [1.29, 1.82) is 5.26 Å². The predicted molar refractivity (Wildman–Crippen MR) is 194 cm³/mol. The molecule has 5 rings (SSSR count). The van der Waals surface area contributed by atoms with Crippen LogP contribution in [-0.4, -0.2) is 73.1 Å². The Kier molecular flexibility index (Phi) is 11.0. The number of ether oxygens (including phenoxy) is 2. The van der Waals surface area contributed by atoms with Crippen LogP contribution < -0.4 is 4.90 Å². The number of aromatic nitrogens is 4. The molecule has 0 saturated heterocycles. The van der Waals surface area contributed by atoms with E-state index in [9.17, 15) is 10.4 Å². The third-order valence-corrected chi connectivity index (χ3v) is 12.3. The maximum Gasteiger partial charge on any atom is 0.165 e. The maximum atomic E-state index is 10.6. The molecule has 0 amide bonds. The van der Waals surface area contributed by atoms with Crippen LogP contribution in [0.15, 0.2) is 60.9 Å². The summed E-state index contributed by atoms with van der Waals surface area (Å²) in [5.41, 5.74) is 4.20. The lowest BCUT2D eigenvalue weighted by molar-refractivity contribution is 0.0524. The van der Waals surface area contributed by atoms with Gasteiger partial charge in [0.1, 0.15) is 19.3 Å². The van der Waals surface area contributed by atoms with Gasteiger partial charge in [0, 0.05) is 69.9 Å². The molecule has 0 atom stereocenters. The van der Waals surface area contributed by atoms with Gasteiger partial charge in [0.2, 0.25) is 0 Å². The lowest BCUT2D eigenvalue weighted by Crippen LogP contribution is -2.34. The van der Waals surface area contributed by atoms with E-state index in [0.717, 1.165) is 51.6 Å². The summed E-state index contributed by atoms with van der Waals surface area (Å²) in [6.07, 6.45) is 5.97. The van der Waals surface area contributed by atoms with Crippen LogP contribution in [0, 0.1) is 11.3 Å². The van der Waals surface area contributed by atoms with Crippen LogP contribution in [-0.2, 0) is 9.47 Å². The molecule has 250 valence electrons. The lowest BCUT2D eigenvalue weighted by atomic mass is 9.78. The fraction of sp³-hybridized carbons (Fsp3) is 0.500. The van der Waals surface area contributed by atoms with E-state index in [0.29, 0.717) is 52.4 Å². The van der Waals surface area contributed by atoms with Crippen LogP contribution in [0.5, 0.6) is 0 Å². The summed E-state index contributed by atoms with van der Waals surface area (Å²) in [6.45, 7) is 16.3. The molecule has 4 aromatic rings. The van der Waals surface area contributed by atoms with Gasteiger partial charge in [0.05, 0.1) is 18.0 Å². The van der Waals surface area contributed by atoms with Gasteiger partial charge in [-0.25, -0.2) is 4.98 Å². The van der Waals surface area contributed by atoms with E-state index in [-0.39, 0.29) is 5.92 Å². The Balaban J connectivity index is 1.52. The third kappa shape index (κ3) is 9.36. The SMILES string of the molecule is C[Si](C)(C)CCOCN(COCC[Si](C)(C)C)c1cc(C2CCC(O)(C#N)CC2)nc2c(-c3ccc(-c4ccccc4)nc3)cnn12. The molecule has 3 heterocycles. The van der Waals surface area contributed by atoms with Crippen LogP contribution in [0.2, 0.25) is 51.4 Å². The minimum Gasteiger partial charge on any atom is -0.375 e. The molecule has 0 spiro atoms. The Hall–Kier alpha value is -3.41. The van der Waals surface area contributed by atoms with Gasteiger partial charge in [-0.15, -0.1) is 0 Å². The quantitative estimate of drug-likeness (QED) is 0.0627. The number of nitrogens with zero attached hydrogens (tertiary/aromatic N) is 6. The number of aliphatic hydroxyl groups is 1. The fourth-order valence-electron chi connectivity index (χ4n) is 5.71. The minimum absolute atomic E-state index is 0.108. The van der Waals surface area contributed by atoms with Crippen molar-refractivity contribution in [1.82, 2.24) is 19.6 Å². The van der Waals surface area contributed by atoms with E-state index in [2.05, 4.69) is 74.5 Å². The molecule has 0 bridgehead atoms. The first-order chi connectivity index (χ1) is 22.3. The zero-order valence-electron chi connectivity index (χ0n) is 28.9. The molecule has 1 saturated carbocycles. The lowest BCUT2D eigenvalue weighted by Gasteiger charge is -2.31.